The van der Waals surface area contributed by atoms with E-state index in [1.165, 1.54) is 0 Å². The fourth-order valence-electron chi connectivity index (χ4n) is 3.01. The van der Waals surface area contributed by atoms with Crippen LogP contribution in [0.1, 0.15) is 37.3 Å². The lowest BCUT2D eigenvalue weighted by Crippen LogP contribution is -2.41. The summed E-state index contributed by atoms with van der Waals surface area (Å²) in [4.78, 5) is 20.1. The van der Waals surface area contributed by atoms with E-state index in [9.17, 15) is 4.79 Å². The standard InChI is InChI=1S/C21H25N3O3S/c1-5-17(26-16-11-14(3)10-15(4)12-16)21(25)24(6-2)13-19-22-20(23-27-19)18-8-7-9-28-18/h7-12,17H,5-6,13H2,1-4H3. The van der Waals surface area contributed by atoms with Gasteiger partial charge in [0.1, 0.15) is 12.3 Å². The summed E-state index contributed by atoms with van der Waals surface area (Å²) in [5, 5.41) is 5.97. The number of aromatic nitrogens is 2. The molecular formula is C21H25N3O3S. The third kappa shape index (κ3) is 4.78. The van der Waals surface area contributed by atoms with Crippen LogP contribution in [0, 0.1) is 13.8 Å². The van der Waals surface area contributed by atoms with Gasteiger partial charge in [-0.3, -0.25) is 4.79 Å². The molecule has 1 aromatic carbocycles. The van der Waals surface area contributed by atoms with E-state index in [0.29, 0.717) is 30.4 Å². The second-order valence-electron chi connectivity index (χ2n) is 6.68. The van der Waals surface area contributed by atoms with Crippen molar-refractivity contribution in [2.24, 2.45) is 0 Å². The SMILES string of the molecule is CCC(Oc1cc(C)cc(C)c1)C(=O)N(CC)Cc1nc(-c2cccs2)no1. The summed E-state index contributed by atoms with van der Waals surface area (Å²) in [6.07, 6.45) is 0.0212. The quantitative estimate of drug-likeness (QED) is 0.553. The van der Waals surface area contributed by atoms with E-state index in [1.807, 2.05) is 57.3 Å². The molecule has 0 bridgehead atoms. The molecule has 2 heterocycles. The first-order chi connectivity index (χ1) is 13.5. The zero-order valence-corrected chi connectivity index (χ0v) is 17.5. The van der Waals surface area contributed by atoms with Gasteiger partial charge in [0, 0.05) is 6.54 Å². The zero-order valence-electron chi connectivity index (χ0n) is 16.6. The number of amides is 1. The Bertz CT molecular complexity index is 901. The third-order valence-corrected chi connectivity index (χ3v) is 5.21. The van der Waals surface area contributed by atoms with Crippen LogP contribution in [0.3, 0.4) is 0 Å². The van der Waals surface area contributed by atoms with Crippen LogP contribution in [0.25, 0.3) is 10.7 Å². The summed E-state index contributed by atoms with van der Waals surface area (Å²) >= 11 is 1.55. The minimum atomic E-state index is -0.555. The molecular weight excluding hydrogens is 374 g/mol. The molecule has 0 aliphatic rings. The Morgan fingerprint density at radius 3 is 2.61 bits per heavy atom. The molecule has 3 rings (SSSR count). The van der Waals surface area contributed by atoms with Gasteiger partial charge in [-0.1, -0.05) is 24.2 Å². The molecule has 28 heavy (non-hydrogen) atoms. The topological polar surface area (TPSA) is 68.5 Å². The Morgan fingerprint density at radius 1 is 1.25 bits per heavy atom. The molecule has 0 N–H and O–H groups in total. The lowest BCUT2D eigenvalue weighted by molar-refractivity contribution is -0.139. The van der Waals surface area contributed by atoms with Crippen LogP contribution in [0.5, 0.6) is 5.75 Å². The van der Waals surface area contributed by atoms with E-state index in [-0.39, 0.29) is 12.5 Å². The first-order valence-corrected chi connectivity index (χ1v) is 10.3. The molecule has 6 nitrogen and oxygen atoms in total. The van der Waals surface area contributed by atoms with Crippen molar-refractivity contribution >= 4 is 17.2 Å². The van der Waals surface area contributed by atoms with Crippen molar-refractivity contribution in [3.63, 3.8) is 0 Å². The highest BCUT2D eigenvalue weighted by molar-refractivity contribution is 7.13. The van der Waals surface area contributed by atoms with Crippen LogP contribution in [0.2, 0.25) is 0 Å². The Labute approximate surface area is 169 Å². The van der Waals surface area contributed by atoms with Gasteiger partial charge in [-0.15, -0.1) is 11.3 Å². The molecule has 0 aliphatic heterocycles. The smallest absolute Gasteiger partial charge is 0.264 e. The Balaban J connectivity index is 1.70. The summed E-state index contributed by atoms with van der Waals surface area (Å²) in [6, 6.07) is 9.85. The molecule has 1 atom stereocenters. The van der Waals surface area contributed by atoms with Gasteiger partial charge in [0.25, 0.3) is 5.91 Å². The van der Waals surface area contributed by atoms with E-state index >= 15 is 0 Å². The van der Waals surface area contributed by atoms with Crippen molar-refractivity contribution in [1.29, 1.82) is 0 Å². The predicted octanol–water partition coefficient (Wildman–Crippen LogP) is 4.62. The van der Waals surface area contributed by atoms with E-state index < -0.39 is 6.10 Å². The summed E-state index contributed by atoms with van der Waals surface area (Å²) in [5.41, 5.74) is 2.22. The van der Waals surface area contributed by atoms with E-state index in [2.05, 4.69) is 16.2 Å². The van der Waals surface area contributed by atoms with Crippen molar-refractivity contribution in [3.8, 4) is 16.5 Å². The van der Waals surface area contributed by atoms with Gasteiger partial charge in [-0.2, -0.15) is 4.98 Å². The fourth-order valence-corrected chi connectivity index (χ4v) is 3.66. The second-order valence-corrected chi connectivity index (χ2v) is 7.63. The van der Waals surface area contributed by atoms with Crippen molar-refractivity contribution in [1.82, 2.24) is 15.0 Å². The highest BCUT2D eigenvalue weighted by Gasteiger charge is 2.25. The normalized spacial score (nSPS) is 12.0. The van der Waals surface area contributed by atoms with Crippen LogP contribution in [0.4, 0.5) is 0 Å². The Kier molecular flexibility index (Phi) is 6.46. The molecule has 7 heteroatoms. The summed E-state index contributed by atoms with van der Waals surface area (Å²) in [5.74, 6) is 1.60. The molecule has 3 aromatic rings. The van der Waals surface area contributed by atoms with Gasteiger partial charge in [0.2, 0.25) is 11.7 Å². The number of carbonyl (C=O) groups excluding carboxylic acids is 1. The molecule has 0 fully saturated rings. The lowest BCUT2D eigenvalue weighted by Gasteiger charge is -2.25. The maximum absolute atomic E-state index is 13.0. The maximum Gasteiger partial charge on any atom is 0.264 e. The number of ether oxygens (including phenoxy) is 1. The predicted molar refractivity (Wildman–Crippen MR) is 109 cm³/mol. The van der Waals surface area contributed by atoms with Crippen molar-refractivity contribution in [2.45, 2.75) is 46.8 Å². The largest absolute Gasteiger partial charge is 0.481 e. The van der Waals surface area contributed by atoms with E-state index in [0.717, 1.165) is 16.0 Å². The number of benzene rings is 1. The summed E-state index contributed by atoms with van der Waals surface area (Å²) < 4.78 is 11.4. The lowest BCUT2D eigenvalue weighted by atomic mass is 10.1. The number of hydrogen-bond acceptors (Lipinski definition) is 6. The van der Waals surface area contributed by atoms with Gasteiger partial charge >= 0.3 is 0 Å². The first-order valence-electron chi connectivity index (χ1n) is 9.40. The van der Waals surface area contributed by atoms with Crippen molar-refractivity contribution < 1.29 is 14.1 Å². The molecule has 0 radical (unpaired) electrons. The number of hydrogen-bond donors (Lipinski definition) is 0. The number of thiophene rings is 1. The van der Waals surface area contributed by atoms with Gasteiger partial charge < -0.3 is 14.2 Å². The first kappa shape index (κ1) is 20.1. The summed E-state index contributed by atoms with van der Waals surface area (Å²) in [7, 11) is 0. The fraction of sp³-hybridized carbons (Fsp3) is 0.381. The van der Waals surface area contributed by atoms with Crippen molar-refractivity contribution in [2.75, 3.05) is 6.54 Å². The van der Waals surface area contributed by atoms with Gasteiger partial charge in [-0.05, 0) is 61.9 Å². The third-order valence-electron chi connectivity index (χ3n) is 4.35. The monoisotopic (exact) mass is 399 g/mol. The number of likely N-dealkylation sites (N-methyl/N-ethyl adjacent to an activating group) is 1. The van der Waals surface area contributed by atoms with Gasteiger partial charge in [0.15, 0.2) is 6.10 Å². The summed E-state index contributed by atoms with van der Waals surface area (Å²) in [6.45, 7) is 8.70. The molecule has 1 unspecified atom stereocenters. The van der Waals surface area contributed by atoms with Gasteiger partial charge in [-0.25, -0.2) is 0 Å². The Hall–Kier alpha value is -2.67. The van der Waals surface area contributed by atoms with Crippen LogP contribution < -0.4 is 4.74 Å². The van der Waals surface area contributed by atoms with Gasteiger partial charge in [0.05, 0.1) is 4.88 Å². The maximum atomic E-state index is 13.0. The minimum Gasteiger partial charge on any atom is -0.481 e. The number of carbonyl (C=O) groups is 1. The average molecular weight is 400 g/mol. The molecule has 0 saturated carbocycles. The molecule has 2 aromatic heterocycles. The molecule has 148 valence electrons. The molecule has 0 aliphatic carbocycles. The van der Waals surface area contributed by atoms with Crippen LogP contribution in [-0.4, -0.2) is 33.6 Å². The molecule has 0 saturated heterocycles. The second kappa shape index (κ2) is 9.01. The zero-order chi connectivity index (χ0) is 20.1. The van der Waals surface area contributed by atoms with Crippen LogP contribution in [-0.2, 0) is 11.3 Å². The highest BCUT2D eigenvalue weighted by Crippen LogP contribution is 2.22. The van der Waals surface area contributed by atoms with Crippen LogP contribution >= 0.6 is 11.3 Å². The minimum absolute atomic E-state index is 0.0833. The Morgan fingerprint density at radius 2 is 2.00 bits per heavy atom. The van der Waals surface area contributed by atoms with Crippen LogP contribution in [0.15, 0.2) is 40.2 Å². The average Bonchev–Trinajstić information content (AvgIpc) is 3.34. The number of aryl methyl sites for hydroxylation is 2. The van der Waals surface area contributed by atoms with E-state index in [1.54, 1.807) is 16.2 Å². The van der Waals surface area contributed by atoms with E-state index in [4.69, 9.17) is 9.26 Å². The molecule has 1 amide bonds. The number of nitrogens with zero attached hydrogens (tertiary/aromatic N) is 3. The van der Waals surface area contributed by atoms with Crippen molar-refractivity contribution in [3.05, 3.63) is 52.7 Å². The number of rotatable bonds is 8. The highest BCUT2D eigenvalue weighted by atomic mass is 32.1. The molecule has 0 spiro atoms.